The molecule has 0 spiro atoms. The molecule has 0 nitrogen and oxygen atoms in total. The summed E-state index contributed by atoms with van der Waals surface area (Å²) in [7, 11) is -0.581. The van der Waals surface area contributed by atoms with Crippen molar-refractivity contribution in [2.24, 2.45) is 0 Å². The van der Waals surface area contributed by atoms with Crippen LogP contribution in [0.15, 0.2) is 0 Å². The van der Waals surface area contributed by atoms with E-state index >= 15 is 0 Å². The second kappa shape index (κ2) is 20.2. The van der Waals surface area contributed by atoms with Gasteiger partial charge in [0.1, 0.15) is 0 Å². The number of halogens is 1. The Balaban J connectivity index is 0. The van der Waals surface area contributed by atoms with Crippen molar-refractivity contribution in [3.63, 3.8) is 0 Å². The highest BCUT2D eigenvalue weighted by molar-refractivity contribution is 7.75. The molecule has 0 saturated heterocycles. The maximum atomic E-state index is 2.49. The first kappa shape index (κ1) is 27.1. The van der Waals surface area contributed by atoms with Gasteiger partial charge in [0.25, 0.3) is 0 Å². The Kier molecular flexibility index (Phi) is 22.9. The van der Waals surface area contributed by atoms with Crippen LogP contribution in [0.1, 0.15) is 118 Å². The molecule has 148 valence electrons. The van der Waals surface area contributed by atoms with E-state index < -0.39 is 7.26 Å². The zero-order valence-electron chi connectivity index (χ0n) is 17.6. The molecule has 0 saturated carbocycles. The van der Waals surface area contributed by atoms with Gasteiger partial charge in [0.15, 0.2) is 0 Å². The Hall–Kier alpha value is 0.910. The highest BCUT2D eigenvalue weighted by Gasteiger charge is 2.31. The molecule has 0 heterocycles. The number of hydrogen-bond acceptors (Lipinski definition) is 0. The monoisotopic (exact) mass is 422 g/mol. The molecule has 0 aliphatic rings. The van der Waals surface area contributed by atoms with E-state index in [2.05, 4.69) is 27.7 Å². The number of rotatable bonds is 18. The lowest BCUT2D eigenvalue weighted by Gasteiger charge is -2.25. The van der Waals surface area contributed by atoms with E-state index in [0.717, 1.165) is 0 Å². The largest absolute Gasteiger partial charge is 1.00 e. The molecule has 0 aromatic heterocycles. The third kappa shape index (κ3) is 15.2. The van der Waals surface area contributed by atoms with Crippen LogP contribution in [0.25, 0.3) is 0 Å². The molecule has 0 aromatic carbocycles. The highest BCUT2D eigenvalue weighted by atomic mass is 79.9. The summed E-state index contributed by atoms with van der Waals surface area (Å²) in [5.74, 6) is 0. The molecule has 0 aliphatic carbocycles. The fraction of sp³-hybridized carbons (Fsp3) is 1.00. The van der Waals surface area contributed by atoms with Crippen LogP contribution in [0, 0.1) is 0 Å². The molecule has 0 aromatic rings. The van der Waals surface area contributed by atoms with Crippen molar-refractivity contribution < 1.29 is 17.0 Å². The predicted molar refractivity (Wildman–Crippen MR) is 114 cm³/mol. The van der Waals surface area contributed by atoms with E-state index in [0.29, 0.717) is 0 Å². The van der Waals surface area contributed by atoms with Gasteiger partial charge < -0.3 is 17.0 Å². The third-order valence-electron chi connectivity index (χ3n) is 5.81. The Morgan fingerprint density at radius 3 is 1.00 bits per heavy atom. The van der Waals surface area contributed by atoms with Crippen LogP contribution < -0.4 is 17.0 Å². The van der Waals surface area contributed by atoms with Crippen LogP contribution >= 0.6 is 7.26 Å². The minimum absolute atomic E-state index is 0. The summed E-state index contributed by atoms with van der Waals surface area (Å²) in [5.41, 5.74) is 0. The van der Waals surface area contributed by atoms with Gasteiger partial charge in [0, 0.05) is 7.26 Å². The molecule has 24 heavy (non-hydrogen) atoms. The normalized spacial score (nSPS) is 11.5. The Morgan fingerprint density at radius 1 is 0.417 bits per heavy atom. The SMILES string of the molecule is CCCCCCCCC[P+](CC)(CC)CCCCCCCCC.[Br-]. The summed E-state index contributed by atoms with van der Waals surface area (Å²) in [6.45, 7) is 9.59. The standard InChI is InChI=1S/C22H48P.BrH/c1-5-9-11-13-15-17-19-21-23(7-3,8-4)22-20-18-16-14-12-10-6-2;/h5-22H2,1-4H3;1H/q+1;/p-1. The van der Waals surface area contributed by atoms with Crippen LogP contribution in [-0.4, -0.2) is 24.6 Å². The lowest BCUT2D eigenvalue weighted by atomic mass is 10.1. The van der Waals surface area contributed by atoms with Gasteiger partial charge in [-0.25, -0.2) is 0 Å². The first-order valence-corrected chi connectivity index (χ1v) is 13.6. The van der Waals surface area contributed by atoms with Gasteiger partial charge in [-0.05, 0) is 39.5 Å². The summed E-state index contributed by atoms with van der Waals surface area (Å²) in [5, 5.41) is 0. The lowest BCUT2D eigenvalue weighted by Crippen LogP contribution is -3.00. The zero-order valence-corrected chi connectivity index (χ0v) is 20.0. The van der Waals surface area contributed by atoms with E-state index in [4.69, 9.17) is 0 Å². The van der Waals surface area contributed by atoms with E-state index in [9.17, 15) is 0 Å². The second-order valence-electron chi connectivity index (χ2n) is 7.66. The molecule has 0 fully saturated rings. The smallest absolute Gasteiger partial charge is 0.0594 e. The van der Waals surface area contributed by atoms with E-state index in [-0.39, 0.29) is 17.0 Å². The summed E-state index contributed by atoms with van der Waals surface area (Å²) in [6.07, 6.45) is 26.8. The Bertz CT molecular complexity index is 206. The fourth-order valence-corrected chi connectivity index (χ4v) is 7.50. The van der Waals surface area contributed by atoms with Crippen molar-refractivity contribution in [3.05, 3.63) is 0 Å². The van der Waals surface area contributed by atoms with Crippen LogP contribution in [-0.2, 0) is 0 Å². The first-order chi connectivity index (χ1) is 11.2. The minimum atomic E-state index is -0.581. The highest BCUT2D eigenvalue weighted by Crippen LogP contribution is 2.59. The number of hydrogen-bond donors (Lipinski definition) is 0. The van der Waals surface area contributed by atoms with Gasteiger partial charge in [0.05, 0.1) is 24.6 Å². The molecule has 0 rings (SSSR count). The maximum Gasteiger partial charge on any atom is 0.0594 e. The molecule has 0 bridgehead atoms. The Morgan fingerprint density at radius 2 is 0.708 bits per heavy atom. The first-order valence-electron chi connectivity index (χ1n) is 11.1. The molecule has 0 unspecified atom stereocenters. The molecule has 0 atom stereocenters. The third-order valence-corrected chi connectivity index (χ3v) is 11.0. The molecule has 2 heteroatoms. The van der Waals surface area contributed by atoms with E-state index in [1.165, 1.54) is 102 Å². The minimum Gasteiger partial charge on any atom is -1.00 e. The predicted octanol–water partition coefficient (Wildman–Crippen LogP) is 5.55. The van der Waals surface area contributed by atoms with Gasteiger partial charge in [-0.2, -0.15) is 0 Å². The van der Waals surface area contributed by atoms with E-state index in [1.54, 1.807) is 12.3 Å². The van der Waals surface area contributed by atoms with Gasteiger partial charge in [-0.1, -0.05) is 78.1 Å². The summed E-state index contributed by atoms with van der Waals surface area (Å²) in [6, 6.07) is 0. The van der Waals surface area contributed by atoms with Crippen LogP contribution in [0.4, 0.5) is 0 Å². The van der Waals surface area contributed by atoms with Crippen molar-refractivity contribution in [3.8, 4) is 0 Å². The molecular formula is C22H48BrP. The van der Waals surface area contributed by atoms with Crippen molar-refractivity contribution in [1.29, 1.82) is 0 Å². The van der Waals surface area contributed by atoms with E-state index in [1.807, 2.05) is 0 Å². The maximum absolute atomic E-state index is 2.49. The fourth-order valence-electron chi connectivity index (χ4n) is 3.78. The van der Waals surface area contributed by atoms with Crippen molar-refractivity contribution in [2.45, 2.75) is 118 Å². The van der Waals surface area contributed by atoms with Crippen molar-refractivity contribution in [1.82, 2.24) is 0 Å². The molecular weight excluding hydrogens is 375 g/mol. The topological polar surface area (TPSA) is 0 Å². The van der Waals surface area contributed by atoms with Crippen molar-refractivity contribution >= 4 is 7.26 Å². The lowest BCUT2D eigenvalue weighted by molar-refractivity contribution is -0.00000533. The Labute approximate surface area is 166 Å². The van der Waals surface area contributed by atoms with Gasteiger partial charge in [0.2, 0.25) is 0 Å². The average molecular weight is 424 g/mol. The molecule has 0 N–H and O–H groups in total. The van der Waals surface area contributed by atoms with Crippen LogP contribution in [0.3, 0.4) is 0 Å². The summed E-state index contributed by atoms with van der Waals surface area (Å²) >= 11 is 0. The molecule has 0 radical (unpaired) electrons. The quantitative estimate of drug-likeness (QED) is 0.200. The van der Waals surface area contributed by atoms with Crippen molar-refractivity contribution in [2.75, 3.05) is 24.6 Å². The number of unbranched alkanes of at least 4 members (excludes halogenated alkanes) is 12. The summed E-state index contributed by atoms with van der Waals surface area (Å²) < 4.78 is 0. The molecule has 0 aliphatic heterocycles. The van der Waals surface area contributed by atoms with Gasteiger partial charge in [-0.3, -0.25) is 0 Å². The molecule has 0 amide bonds. The second-order valence-corrected chi connectivity index (χ2v) is 12.5. The van der Waals surface area contributed by atoms with Crippen LogP contribution in [0.5, 0.6) is 0 Å². The zero-order chi connectivity index (χ0) is 17.2. The van der Waals surface area contributed by atoms with Gasteiger partial charge in [-0.15, -0.1) is 0 Å². The average Bonchev–Trinajstić information content (AvgIpc) is 2.58. The van der Waals surface area contributed by atoms with Gasteiger partial charge >= 0.3 is 0 Å². The van der Waals surface area contributed by atoms with Crippen LogP contribution in [0.2, 0.25) is 0 Å². The summed E-state index contributed by atoms with van der Waals surface area (Å²) in [4.78, 5) is 0.